The van der Waals surface area contributed by atoms with Crippen LogP contribution < -0.4 is 9.64 Å². The molecule has 6 nitrogen and oxygen atoms in total. The van der Waals surface area contributed by atoms with Gasteiger partial charge in [-0.3, -0.25) is 9.69 Å². The molecule has 6 heteroatoms. The Bertz CT molecular complexity index is 958. The van der Waals surface area contributed by atoms with Crippen LogP contribution in [-0.2, 0) is 14.9 Å². The zero-order chi connectivity index (χ0) is 18.8. The van der Waals surface area contributed by atoms with Gasteiger partial charge < -0.3 is 19.5 Å². The average Bonchev–Trinajstić information content (AvgIpc) is 3.16. The van der Waals surface area contributed by atoms with Gasteiger partial charge in [0.05, 0.1) is 38.0 Å². The van der Waals surface area contributed by atoms with Gasteiger partial charge >= 0.3 is 0 Å². The van der Waals surface area contributed by atoms with Crippen molar-refractivity contribution in [2.24, 2.45) is 11.8 Å². The van der Waals surface area contributed by atoms with E-state index in [-0.39, 0.29) is 29.2 Å². The number of benzene rings is 1. The number of aromatic hydroxyl groups is 1. The van der Waals surface area contributed by atoms with Crippen LogP contribution in [0.5, 0.6) is 11.5 Å². The van der Waals surface area contributed by atoms with E-state index in [2.05, 4.69) is 17.0 Å². The van der Waals surface area contributed by atoms with E-state index in [0.29, 0.717) is 42.3 Å². The van der Waals surface area contributed by atoms with E-state index in [1.165, 1.54) is 5.57 Å². The highest BCUT2D eigenvalue weighted by molar-refractivity contribution is 6.01. The van der Waals surface area contributed by atoms with Gasteiger partial charge in [-0.2, -0.15) is 0 Å². The summed E-state index contributed by atoms with van der Waals surface area (Å²) in [6, 6.07) is 4.48. The first-order chi connectivity index (χ1) is 13.6. The monoisotopic (exact) mass is 380 g/mol. The molecule has 1 aliphatic carbocycles. The Labute approximate surface area is 163 Å². The highest BCUT2D eigenvalue weighted by Crippen LogP contribution is 2.67. The minimum absolute atomic E-state index is 0.0178. The molecule has 1 aromatic rings. The zero-order valence-electron chi connectivity index (χ0n) is 15.9. The Balaban J connectivity index is 1.54. The third kappa shape index (κ3) is 1.52. The Morgan fingerprint density at radius 2 is 2.25 bits per heavy atom. The SMILES string of the molecule is COc1ccc2c(c1O)N1C(=O)CC3OCC=C4CN5CCC26C5CC4C3C16. The molecular formula is C22H24N2O4. The summed E-state index contributed by atoms with van der Waals surface area (Å²) in [5.74, 6) is 1.43. The van der Waals surface area contributed by atoms with Gasteiger partial charge in [0.1, 0.15) is 0 Å². The van der Waals surface area contributed by atoms with Crippen LogP contribution in [-0.4, -0.2) is 60.9 Å². The van der Waals surface area contributed by atoms with Crippen LogP contribution in [0.2, 0.25) is 0 Å². The van der Waals surface area contributed by atoms with E-state index < -0.39 is 0 Å². The lowest BCUT2D eigenvalue weighted by atomic mass is 9.53. The second-order valence-corrected chi connectivity index (χ2v) is 9.27. The molecule has 1 amide bonds. The first-order valence-electron chi connectivity index (χ1n) is 10.4. The quantitative estimate of drug-likeness (QED) is 0.753. The number of carbonyl (C=O) groups is 1. The number of anilines is 1. The molecular weight excluding hydrogens is 356 g/mol. The fourth-order valence-electron chi connectivity index (χ4n) is 7.76. The number of phenols is 1. The van der Waals surface area contributed by atoms with E-state index >= 15 is 0 Å². The number of ether oxygens (including phenoxy) is 2. The molecule has 3 saturated heterocycles. The van der Waals surface area contributed by atoms with Crippen molar-refractivity contribution in [3.05, 3.63) is 29.3 Å². The summed E-state index contributed by atoms with van der Waals surface area (Å²) in [7, 11) is 1.57. The van der Waals surface area contributed by atoms with Crippen LogP contribution in [0.4, 0.5) is 5.69 Å². The van der Waals surface area contributed by atoms with Gasteiger partial charge in [-0.1, -0.05) is 17.7 Å². The van der Waals surface area contributed by atoms with E-state index in [0.717, 1.165) is 31.5 Å². The molecule has 0 aromatic heterocycles. The Kier molecular flexibility index (Phi) is 2.78. The molecule has 6 aliphatic rings. The topological polar surface area (TPSA) is 62.2 Å². The number of nitrogens with zero attached hydrogens (tertiary/aromatic N) is 2. The molecule has 5 aliphatic heterocycles. The predicted octanol–water partition coefficient (Wildman–Crippen LogP) is 1.81. The summed E-state index contributed by atoms with van der Waals surface area (Å²) in [5, 5.41) is 11.1. The third-order valence-electron chi connectivity index (χ3n) is 8.63. The number of carbonyl (C=O) groups excluding carboxylic acids is 1. The molecule has 0 radical (unpaired) electrons. The molecule has 6 atom stereocenters. The first-order valence-corrected chi connectivity index (χ1v) is 10.4. The van der Waals surface area contributed by atoms with Crippen molar-refractivity contribution in [2.75, 3.05) is 31.7 Å². The van der Waals surface area contributed by atoms with Crippen molar-refractivity contribution in [3.63, 3.8) is 0 Å². The van der Waals surface area contributed by atoms with Gasteiger partial charge in [-0.15, -0.1) is 0 Å². The lowest BCUT2D eigenvalue weighted by Gasteiger charge is -2.58. The summed E-state index contributed by atoms with van der Waals surface area (Å²) in [5.41, 5.74) is 3.25. The Hall–Kier alpha value is -2.05. The molecule has 1 aromatic carbocycles. The van der Waals surface area contributed by atoms with Gasteiger partial charge in [-0.25, -0.2) is 0 Å². The smallest absolute Gasteiger partial charge is 0.230 e. The van der Waals surface area contributed by atoms with Gasteiger partial charge in [0.25, 0.3) is 0 Å². The summed E-state index contributed by atoms with van der Waals surface area (Å²) in [6.07, 6.45) is 4.84. The van der Waals surface area contributed by atoms with Crippen molar-refractivity contribution < 1.29 is 19.4 Å². The average molecular weight is 380 g/mol. The molecule has 4 fully saturated rings. The minimum Gasteiger partial charge on any atom is -0.503 e. The summed E-state index contributed by atoms with van der Waals surface area (Å²) in [6.45, 7) is 2.70. The fourth-order valence-corrected chi connectivity index (χ4v) is 7.76. The van der Waals surface area contributed by atoms with Crippen LogP contribution in [0.1, 0.15) is 24.8 Å². The van der Waals surface area contributed by atoms with Gasteiger partial charge in [0.15, 0.2) is 11.5 Å². The number of phenolic OH excluding ortho intramolecular Hbond substituents is 1. The van der Waals surface area contributed by atoms with Crippen LogP contribution in [0.15, 0.2) is 23.8 Å². The van der Waals surface area contributed by atoms with Gasteiger partial charge in [0, 0.05) is 23.9 Å². The highest BCUT2D eigenvalue weighted by atomic mass is 16.5. The van der Waals surface area contributed by atoms with Crippen LogP contribution in [0, 0.1) is 11.8 Å². The van der Waals surface area contributed by atoms with Gasteiger partial charge in [-0.05, 0) is 36.9 Å². The predicted molar refractivity (Wildman–Crippen MR) is 102 cm³/mol. The lowest BCUT2D eigenvalue weighted by Crippen LogP contribution is -2.69. The maximum absolute atomic E-state index is 13.4. The zero-order valence-corrected chi connectivity index (χ0v) is 15.9. The third-order valence-corrected chi connectivity index (χ3v) is 8.63. The van der Waals surface area contributed by atoms with Crippen LogP contribution in [0.3, 0.4) is 0 Å². The number of hydrogen-bond donors (Lipinski definition) is 1. The number of fused-ring (bicyclic) bond motifs is 2. The second-order valence-electron chi connectivity index (χ2n) is 9.27. The van der Waals surface area contributed by atoms with Crippen LogP contribution in [0.25, 0.3) is 0 Å². The van der Waals surface area contributed by atoms with Crippen LogP contribution >= 0.6 is 0 Å². The molecule has 6 unspecified atom stereocenters. The summed E-state index contributed by atoms with van der Waals surface area (Å²) in [4.78, 5) is 17.9. The fraction of sp³-hybridized carbons (Fsp3) is 0.591. The van der Waals surface area contributed by atoms with Crippen molar-refractivity contribution in [1.82, 2.24) is 4.90 Å². The largest absolute Gasteiger partial charge is 0.503 e. The van der Waals surface area contributed by atoms with E-state index in [9.17, 15) is 9.90 Å². The van der Waals surface area contributed by atoms with E-state index in [1.807, 2.05) is 11.0 Å². The van der Waals surface area contributed by atoms with Crippen molar-refractivity contribution >= 4 is 11.6 Å². The molecule has 1 saturated carbocycles. The molecule has 1 N–H and O–H groups in total. The number of amides is 1. The number of methoxy groups -OCH3 is 1. The molecule has 7 rings (SSSR count). The Morgan fingerprint density at radius 3 is 3.11 bits per heavy atom. The number of piperidine rings is 2. The molecule has 2 bridgehead atoms. The standard InChI is InChI=1S/C22H24N2O4/c1-27-14-3-2-13-19(20(14)26)24-17(25)9-15-18-12-8-16-22(13,21(18)24)5-6-23(16)10-11(12)4-7-28-15/h2-4,12,15-16,18,21,26H,5-10H2,1H3. The molecule has 5 heterocycles. The second kappa shape index (κ2) is 4.92. The molecule has 146 valence electrons. The summed E-state index contributed by atoms with van der Waals surface area (Å²) >= 11 is 0. The minimum atomic E-state index is -0.103. The highest BCUT2D eigenvalue weighted by Gasteiger charge is 2.71. The van der Waals surface area contributed by atoms with Crippen molar-refractivity contribution in [3.8, 4) is 11.5 Å². The number of rotatable bonds is 1. The molecule has 28 heavy (non-hydrogen) atoms. The normalized spacial score (nSPS) is 42.2. The molecule has 1 spiro atoms. The van der Waals surface area contributed by atoms with E-state index in [1.54, 1.807) is 7.11 Å². The number of hydrogen-bond acceptors (Lipinski definition) is 5. The van der Waals surface area contributed by atoms with Gasteiger partial charge in [0.2, 0.25) is 5.91 Å². The maximum Gasteiger partial charge on any atom is 0.230 e. The first kappa shape index (κ1) is 15.8. The lowest BCUT2D eigenvalue weighted by molar-refractivity contribution is -0.132. The summed E-state index contributed by atoms with van der Waals surface area (Å²) < 4.78 is 11.6. The van der Waals surface area contributed by atoms with E-state index in [4.69, 9.17) is 9.47 Å². The van der Waals surface area contributed by atoms with Crippen molar-refractivity contribution in [1.29, 1.82) is 0 Å². The Morgan fingerprint density at radius 1 is 1.36 bits per heavy atom. The maximum atomic E-state index is 13.4. The van der Waals surface area contributed by atoms with Crippen molar-refractivity contribution in [2.45, 2.75) is 42.9 Å².